The molecular weight excluding hydrogens is 228 g/mol. The maximum atomic E-state index is 11.7. The van der Waals surface area contributed by atoms with Crippen molar-refractivity contribution in [2.24, 2.45) is 5.73 Å². The molecular formula is C10H24N2O3S. The maximum Gasteiger partial charge on any atom is 0.214 e. The highest BCUT2D eigenvalue weighted by atomic mass is 32.2. The molecule has 1 unspecified atom stereocenters. The van der Waals surface area contributed by atoms with E-state index in [4.69, 9.17) is 10.5 Å². The van der Waals surface area contributed by atoms with E-state index in [9.17, 15) is 8.42 Å². The van der Waals surface area contributed by atoms with Crippen LogP contribution in [0.15, 0.2) is 0 Å². The van der Waals surface area contributed by atoms with E-state index in [2.05, 4.69) is 4.72 Å². The van der Waals surface area contributed by atoms with E-state index in [0.717, 1.165) is 6.42 Å². The normalized spacial score (nSPS) is 16.0. The third-order valence-electron chi connectivity index (χ3n) is 2.58. The minimum atomic E-state index is -3.28. The van der Waals surface area contributed by atoms with Crippen LogP contribution in [-0.4, -0.2) is 39.5 Å². The van der Waals surface area contributed by atoms with Crippen LogP contribution in [0.3, 0.4) is 0 Å². The van der Waals surface area contributed by atoms with Crippen LogP contribution in [0.2, 0.25) is 0 Å². The highest BCUT2D eigenvalue weighted by molar-refractivity contribution is 7.89. The molecule has 0 bridgehead atoms. The summed E-state index contributed by atoms with van der Waals surface area (Å²) in [6.07, 6.45) is 1.36. The summed E-state index contributed by atoms with van der Waals surface area (Å²) in [7, 11) is -3.28. The lowest BCUT2D eigenvalue weighted by atomic mass is 9.96. The number of hydrogen-bond donors (Lipinski definition) is 2. The van der Waals surface area contributed by atoms with Crippen LogP contribution < -0.4 is 10.5 Å². The Labute approximate surface area is 98.8 Å². The van der Waals surface area contributed by atoms with Gasteiger partial charge in [0.15, 0.2) is 0 Å². The monoisotopic (exact) mass is 252 g/mol. The number of rotatable bonds is 9. The minimum absolute atomic E-state index is 0.000993. The van der Waals surface area contributed by atoms with Crippen molar-refractivity contribution < 1.29 is 13.2 Å². The van der Waals surface area contributed by atoms with Gasteiger partial charge in [-0.25, -0.2) is 13.1 Å². The summed E-state index contributed by atoms with van der Waals surface area (Å²) in [5, 5.41) is 0. The maximum absolute atomic E-state index is 11.7. The molecule has 1 atom stereocenters. The van der Waals surface area contributed by atoms with Gasteiger partial charge in [0, 0.05) is 12.1 Å². The third kappa shape index (κ3) is 6.42. The van der Waals surface area contributed by atoms with Crippen molar-refractivity contribution in [1.82, 2.24) is 4.72 Å². The van der Waals surface area contributed by atoms with Crippen LogP contribution >= 0.6 is 0 Å². The summed E-state index contributed by atoms with van der Waals surface area (Å²) >= 11 is 0. The largest absolute Gasteiger partial charge is 0.381 e. The first-order chi connectivity index (χ1) is 7.39. The molecule has 0 heterocycles. The Morgan fingerprint density at radius 3 is 2.44 bits per heavy atom. The highest BCUT2D eigenvalue weighted by Gasteiger charge is 2.26. The van der Waals surface area contributed by atoms with E-state index >= 15 is 0 Å². The summed E-state index contributed by atoms with van der Waals surface area (Å²) in [6, 6.07) is 0. The quantitative estimate of drug-likeness (QED) is 0.584. The van der Waals surface area contributed by atoms with Gasteiger partial charge >= 0.3 is 0 Å². The average molecular weight is 252 g/mol. The van der Waals surface area contributed by atoms with E-state index in [1.807, 2.05) is 20.8 Å². The third-order valence-corrected chi connectivity index (χ3v) is 4.09. The molecule has 0 aromatic carbocycles. The van der Waals surface area contributed by atoms with Crippen LogP contribution in [0.25, 0.3) is 0 Å². The van der Waals surface area contributed by atoms with Gasteiger partial charge in [-0.3, -0.25) is 0 Å². The van der Waals surface area contributed by atoms with Gasteiger partial charge in [-0.1, -0.05) is 6.92 Å². The molecule has 6 heteroatoms. The first-order valence-electron chi connectivity index (χ1n) is 5.68. The lowest BCUT2D eigenvalue weighted by Gasteiger charge is -2.28. The fourth-order valence-corrected chi connectivity index (χ4v) is 2.79. The van der Waals surface area contributed by atoms with Crippen LogP contribution in [0, 0.1) is 0 Å². The van der Waals surface area contributed by atoms with E-state index in [1.54, 1.807) is 0 Å². The van der Waals surface area contributed by atoms with E-state index < -0.39 is 15.6 Å². The van der Waals surface area contributed by atoms with Crippen LogP contribution in [-0.2, 0) is 14.8 Å². The molecule has 0 aromatic rings. The van der Waals surface area contributed by atoms with E-state index in [0.29, 0.717) is 19.6 Å². The molecule has 0 aliphatic carbocycles. The van der Waals surface area contributed by atoms with Crippen molar-refractivity contribution in [3.05, 3.63) is 0 Å². The number of nitrogens with one attached hydrogen (secondary N) is 1. The fraction of sp³-hybridized carbons (Fsp3) is 1.00. The summed E-state index contributed by atoms with van der Waals surface area (Å²) in [4.78, 5) is 0. The molecule has 0 saturated carbocycles. The lowest BCUT2D eigenvalue weighted by Crippen LogP contribution is -2.48. The Hall–Kier alpha value is -0.170. The Bertz CT molecular complexity index is 280. The first-order valence-corrected chi connectivity index (χ1v) is 7.34. The molecule has 0 fully saturated rings. The molecule has 0 saturated heterocycles. The number of hydrogen-bond acceptors (Lipinski definition) is 4. The Morgan fingerprint density at radius 1 is 1.38 bits per heavy atom. The van der Waals surface area contributed by atoms with Gasteiger partial charge in [0.25, 0.3) is 0 Å². The molecule has 0 aliphatic heterocycles. The van der Waals surface area contributed by atoms with Crippen molar-refractivity contribution >= 4 is 10.0 Å². The molecule has 16 heavy (non-hydrogen) atoms. The predicted octanol–water partition coefficient (Wildman–Crippen LogP) is 0.460. The van der Waals surface area contributed by atoms with Crippen molar-refractivity contribution in [2.75, 3.05) is 25.5 Å². The van der Waals surface area contributed by atoms with Gasteiger partial charge < -0.3 is 10.5 Å². The zero-order chi connectivity index (χ0) is 12.7. The van der Waals surface area contributed by atoms with E-state index in [1.165, 1.54) is 0 Å². The Kier molecular flexibility index (Phi) is 7.14. The SMILES string of the molecule is CCOCCS(=O)(=O)NC(C)(CC)CCN. The predicted molar refractivity (Wildman–Crippen MR) is 65.8 cm³/mol. The molecule has 0 radical (unpaired) electrons. The Morgan fingerprint density at radius 2 is 2.00 bits per heavy atom. The molecule has 0 rings (SSSR count). The van der Waals surface area contributed by atoms with E-state index in [-0.39, 0.29) is 12.4 Å². The molecule has 0 aliphatic rings. The van der Waals surface area contributed by atoms with Crippen molar-refractivity contribution in [1.29, 1.82) is 0 Å². The lowest BCUT2D eigenvalue weighted by molar-refractivity contribution is 0.163. The van der Waals surface area contributed by atoms with Crippen LogP contribution in [0.4, 0.5) is 0 Å². The van der Waals surface area contributed by atoms with Gasteiger partial charge in [-0.05, 0) is 33.2 Å². The molecule has 3 N–H and O–H groups in total. The van der Waals surface area contributed by atoms with Crippen molar-refractivity contribution in [3.8, 4) is 0 Å². The highest BCUT2D eigenvalue weighted by Crippen LogP contribution is 2.14. The fourth-order valence-electron chi connectivity index (χ4n) is 1.36. The summed E-state index contributed by atoms with van der Waals surface area (Å²) < 4.78 is 31.2. The van der Waals surface area contributed by atoms with Gasteiger partial charge in [0.1, 0.15) is 0 Å². The van der Waals surface area contributed by atoms with Crippen molar-refractivity contribution in [2.45, 2.75) is 39.2 Å². The van der Waals surface area contributed by atoms with Gasteiger partial charge in [0.2, 0.25) is 10.0 Å². The van der Waals surface area contributed by atoms with Gasteiger partial charge in [-0.2, -0.15) is 0 Å². The standard InChI is InChI=1S/C10H24N2O3S/c1-4-10(3,6-7-11)12-16(13,14)9-8-15-5-2/h12H,4-9,11H2,1-3H3. The molecule has 0 spiro atoms. The first kappa shape index (κ1) is 15.8. The number of sulfonamides is 1. The second-order valence-corrected chi connectivity index (χ2v) is 5.91. The van der Waals surface area contributed by atoms with Crippen LogP contribution in [0.5, 0.6) is 0 Å². The summed E-state index contributed by atoms with van der Waals surface area (Å²) in [5.41, 5.74) is 5.03. The zero-order valence-corrected chi connectivity index (χ0v) is 11.3. The molecule has 0 amide bonds. The van der Waals surface area contributed by atoms with Gasteiger partial charge in [0.05, 0.1) is 12.4 Å². The van der Waals surface area contributed by atoms with Crippen LogP contribution in [0.1, 0.15) is 33.6 Å². The second-order valence-electron chi connectivity index (χ2n) is 4.07. The summed E-state index contributed by atoms with van der Waals surface area (Å²) in [6.45, 7) is 6.89. The average Bonchev–Trinajstić information content (AvgIpc) is 2.17. The molecule has 5 nitrogen and oxygen atoms in total. The smallest absolute Gasteiger partial charge is 0.214 e. The summed E-state index contributed by atoms with van der Waals surface area (Å²) in [5.74, 6) is 0.000993. The topological polar surface area (TPSA) is 81.4 Å². The van der Waals surface area contributed by atoms with Crippen molar-refractivity contribution in [3.63, 3.8) is 0 Å². The molecule has 0 aromatic heterocycles. The number of nitrogens with two attached hydrogens (primary N) is 1. The second kappa shape index (κ2) is 7.21. The van der Waals surface area contributed by atoms with Gasteiger partial charge in [-0.15, -0.1) is 0 Å². The number of ether oxygens (including phenoxy) is 1. The zero-order valence-electron chi connectivity index (χ0n) is 10.5. The Balaban J connectivity index is 4.31. The molecule has 98 valence electrons. The minimum Gasteiger partial charge on any atom is -0.381 e.